The van der Waals surface area contributed by atoms with Crippen molar-refractivity contribution in [1.29, 1.82) is 0 Å². The zero-order valence-corrected chi connectivity index (χ0v) is 10.9. The first-order valence-electron chi connectivity index (χ1n) is 5.48. The quantitative estimate of drug-likeness (QED) is 0.930. The van der Waals surface area contributed by atoms with Crippen LogP contribution in [0, 0.1) is 0 Å². The van der Waals surface area contributed by atoms with Crippen molar-refractivity contribution in [3.05, 3.63) is 22.8 Å². The first kappa shape index (κ1) is 12.6. The van der Waals surface area contributed by atoms with E-state index in [0.29, 0.717) is 22.8 Å². The molecule has 0 radical (unpaired) electrons. The molecule has 8 heteroatoms. The third kappa shape index (κ3) is 1.83. The Bertz CT molecular complexity index is 695. The average molecular weight is 298 g/mol. The maximum Gasteiger partial charge on any atom is 0.358 e. The standard InChI is InChI=1S/C12H8ClNO6/c1-17-10-5(7-3-6(12(15)16)14-20-7)2-8-11(9(10)13)19-4-18-8/h2-3H,4H2,1H3,(H,15,16). The van der Waals surface area contributed by atoms with Crippen LogP contribution in [0.1, 0.15) is 10.5 Å². The van der Waals surface area contributed by atoms with Gasteiger partial charge in [-0.1, -0.05) is 16.8 Å². The van der Waals surface area contributed by atoms with E-state index in [-0.39, 0.29) is 23.3 Å². The van der Waals surface area contributed by atoms with E-state index in [4.69, 9.17) is 35.4 Å². The molecular weight excluding hydrogens is 290 g/mol. The SMILES string of the molecule is COc1c(-c2cc(C(=O)O)no2)cc2c(c1Cl)OCO2. The van der Waals surface area contributed by atoms with Crippen LogP contribution in [0.15, 0.2) is 16.7 Å². The van der Waals surface area contributed by atoms with Crippen molar-refractivity contribution in [3.63, 3.8) is 0 Å². The Hall–Kier alpha value is -2.41. The number of benzene rings is 1. The van der Waals surface area contributed by atoms with Gasteiger partial charge in [-0.3, -0.25) is 0 Å². The summed E-state index contributed by atoms with van der Waals surface area (Å²) < 4.78 is 20.7. The molecule has 0 unspecified atom stereocenters. The summed E-state index contributed by atoms with van der Waals surface area (Å²) in [5.41, 5.74) is 0.220. The zero-order valence-electron chi connectivity index (χ0n) is 10.2. The van der Waals surface area contributed by atoms with Gasteiger partial charge in [0, 0.05) is 6.07 Å². The zero-order chi connectivity index (χ0) is 14.3. The predicted molar refractivity (Wildman–Crippen MR) is 66.6 cm³/mol. The maximum atomic E-state index is 10.8. The smallest absolute Gasteiger partial charge is 0.358 e. The molecule has 0 amide bonds. The molecule has 104 valence electrons. The Morgan fingerprint density at radius 1 is 1.45 bits per heavy atom. The Morgan fingerprint density at radius 3 is 2.90 bits per heavy atom. The molecule has 0 atom stereocenters. The molecule has 1 aromatic heterocycles. The molecule has 0 spiro atoms. The second-order valence-corrected chi connectivity index (χ2v) is 4.26. The normalized spacial score (nSPS) is 12.5. The van der Waals surface area contributed by atoms with E-state index in [1.165, 1.54) is 13.2 Å². The first-order chi connectivity index (χ1) is 9.61. The molecular formula is C12H8ClNO6. The number of fused-ring (bicyclic) bond motifs is 1. The van der Waals surface area contributed by atoms with Crippen LogP contribution in [0.4, 0.5) is 0 Å². The van der Waals surface area contributed by atoms with Gasteiger partial charge in [0.25, 0.3) is 0 Å². The minimum absolute atomic E-state index is 0.0540. The predicted octanol–water partition coefficient (Wildman–Crippen LogP) is 2.43. The lowest BCUT2D eigenvalue weighted by atomic mass is 10.1. The van der Waals surface area contributed by atoms with Gasteiger partial charge in [0.1, 0.15) is 5.02 Å². The number of aromatic carboxylic acids is 1. The Labute approximate surface area is 117 Å². The monoisotopic (exact) mass is 297 g/mol. The summed E-state index contributed by atoms with van der Waals surface area (Å²) in [5.74, 6) is 0.124. The van der Waals surface area contributed by atoms with Gasteiger partial charge in [0.15, 0.2) is 28.7 Å². The minimum Gasteiger partial charge on any atom is -0.494 e. The van der Waals surface area contributed by atoms with Crippen molar-refractivity contribution >= 4 is 17.6 Å². The van der Waals surface area contributed by atoms with E-state index >= 15 is 0 Å². The van der Waals surface area contributed by atoms with Gasteiger partial charge in [-0.05, 0) is 6.07 Å². The van der Waals surface area contributed by atoms with Crippen LogP contribution in [0.25, 0.3) is 11.3 Å². The number of carbonyl (C=O) groups is 1. The van der Waals surface area contributed by atoms with Crippen LogP contribution in [-0.2, 0) is 0 Å². The number of carboxylic acid groups (broad SMARTS) is 1. The topological polar surface area (TPSA) is 91.0 Å². The van der Waals surface area contributed by atoms with Crippen molar-refractivity contribution < 1.29 is 28.6 Å². The highest BCUT2D eigenvalue weighted by atomic mass is 35.5. The number of halogens is 1. The van der Waals surface area contributed by atoms with Crippen molar-refractivity contribution in [1.82, 2.24) is 5.16 Å². The van der Waals surface area contributed by atoms with Crippen LogP contribution in [0.5, 0.6) is 17.2 Å². The third-order valence-corrected chi connectivity index (χ3v) is 3.10. The Morgan fingerprint density at radius 2 is 2.25 bits per heavy atom. The van der Waals surface area contributed by atoms with E-state index in [1.54, 1.807) is 6.07 Å². The summed E-state index contributed by atoms with van der Waals surface area (Å²) in [6.45, 7) is 0.0540. The highest BCUT2D eigenvalue weighted by Crippen LogP contribution is 2.49. The molecule has 20 heavy (non-hydrogen) atoms. The van der Waals surface area contributed by atoms with Crippen molar-refractivity contribution in [2.45, 2.75) is 0 Å². The molecule has 2 aromatic rings. The minimum atomic E-state index is -1.19. The highest BCUT2D eigenvalue weighted by Gasteiger charge is 2.26. The van der Waals surface area contributed by atoms with Crippen LogP contribution in [0.2, 0.25) is 5.02 Å². The molecule has 0 saturated heterocycles. The number of ether oxygens (including phenoxy) is 3. The van der Waals surface area contributed by atoms with E-state index in [1.807, 2.05) is 0 Å². The van der Waals surface area contributed by atoms with Gasteiger partial charge in [0.2, 0.25) is 6.79 Å². The van der Waals surface area contributed by atoms with Crippen molar-refractivity contribution in [2.75, 3.05) is 13.9 Å². The lowest BCUT2D eigenvalue weighted by Crippen LogP contribution is -1.94. The van der Waals surface area contributed by atoms with Gasteiger partial charge in [0.05, 0.1) is 12.7 Å². The van der Waals surface area contributed by atoms with Gasteiger partial charge in [-0.25, -0.2) is 4.79 Å². The number of hydrogen-bond acceptors (Lipinski definition) is 6. The Balaban J connectivity index is 2.17. The molecule has 1 N–H and O–H groups in total. The summed E-state index contributed by atoms with van der Waals surface area (Å²) in [6, 6.07) is 2.87. The van der Waals surface area contributed by atoms with Gasteiger partial charge >= 0.3 is 5.97 Å². The summed E-state index contributed by atoms with van der Waals surface area (Å²) in [6.07, 6.45) is 0. The summed E-state index contributed by atoms with van der Waals surface area (Å²) in [7, 11) is 1.43. The van der Waals surface area contributed by atoms with E-state index in [9.17, 15) is 4.79 Å². The van der Waals surface area contributed by atoms with E-state index in [2.05, 4.69) is 5.16 Å². The molecule has 3 rings (SSSR count). The number of hydrogen-bond donors (Lipinski definition) is 1. The molecule has 0 saturated carbocycles. The van der Waals surface area contributed by atoms with E-state index < -0.39 is 5.97 Å². The van der Waals surface area contributed by atoms with Crippen LogP contribution >= 0.6 is 11.6 Å². The number of nitrogens with zero attached hydrogens (tertiary/aromatic N) is 1. The summed E-state index contributed by atoms with van der Waals surface area (Å²) >= 11 is 6.17. The molecule has 0 fully saturated rings. The molecule has 0 bridgehead atoms. The van der Waals surface area contributed by atoms with Crippen LogP contribution in [-0.4, -0.2) is 30.1 Å². The molecule has 0 aliphatic carbocycles. The van der Waals surface area contributed by atoms with Crippen molar-refractivity contribution in [3.8, 4) is 28.6 Å². The Kier molecular flexibility index (Phi) is 2.90. The molecule has 1 aromatic carbocycles. The largest absolute Gasteiger partial charge is 0.494 e. The lowest BCUT2D eigenvalue weighted by Gasteiger charge is -2.10. The fourth-order valence-corrected chi connectivity index (χ4v) is 2.20. The molecule has 7 nitrogen and oxygen atoms in total. The fourth-order valence-electron chi connectivity index (χ4n) is 1.87. The van der Waals surface area contributed by atoms with Gasteiger partial charge in [-0.15, -0.1) is 0 Å². The van der Waals surface area contributed by atoms with E-state index in [0.717, 1.165) is 0 Å². The molecule has 2 heterocycles. The molecule has 1 aliphatic rings. The number of carboxylic acids is 1. The summed E-state index contributed by atoms with van der Waals surface area (Å²) in [4.78, 5) is 10.8. The maximum absolute atomic E-state index is 10.8. The number of aromatic nitrogens is 1. The fraction of sp³-hybridized carbons (Fsp3) is 0.167. The second kappa shape index (κ2) is 4.61. The van der Waals surface area contributed by atoms with Crippen molar-refractivity contribution in [2.24, 2.45) is 0 Å². The first-order valence-corrected chi connectivity index (χ1v) is 5.86. The van der Waals surface area contributed by atoms with Gasteiger partial charge in [-0.2, -0.15) is 0 Å². The second-order valence-electron chi connectivity index (χ2n) is 3.89. The van der Waals surface area contributed by atoms with Crippen LogP contribution in [0.3, 0.4) is 0 Å². The molecule has 1 aliphatic heterocycles. The lowest BCUT2D eigenvalue weighted by molar-refractivity contribution is 0.0686. The number of rotatable bonds is 3. The number of methoxy groups -OCH3 is 1. The van der Waals surface area contributed by atoms with Crippen LogP contribution < -0.4 is 14.2 Å². The highest BCUT2D eigenvalue weighted by molar-refractivity contribution is 6.34. The third-order valence-electron chi connectivity index (χ3n) is 2.76. The van der Waals surface area contributed by atoms with Gasteiger partial charge < -0.3 is 23.8 Å². The average Bonchev–Trinajstić information content (AvgIpc) is 3.07. The summed E-state index contributed by atoms with van der Waals surface area (Å²) in [5, 5.41) is 12.5.